The van der Waals surface area contributed by atoms with E-state index in [1.54, 1.807) is 0 Å². The molecule has 0 bridgehead atoms. The van der Waals surface area contributed by atoms with Crippen molar-refractivity contribution in [2.24, 2.45) is 0 Å². The summed E-state index contributed by atoms with van der Waals surface area (Å²) in [6.07, 6.45) is 1.13. The predicted octanol–water partition coefficient (Wildman–Crippen LogP) is 5.75. The molecule has 1 atom stereocenters. The van der Waals surface area contributed by atoms with Gasteiger partial charge < -0.3 is 5.11 Å². The molecule has 0 aliphatic rings. The van der Waals surface area contributed by atoms with Crippen LogP contribution >= 0.6 is 7.26 Å². The molecule has 0 radical (unpaired) electrons. The van der Waals surface area contributed by atoms with Gasteiger partial charge >= 0.3 is 0 Å². The van der Waals surface area contributed by atoms with Gasteiger partial charge in [-0.05, 0) is 68.7 Å². The Morgan fingerprint density at radius 2 is 0.938 bits per heavy atom. The topological polar surface area (TPSA) is 20.2 Å². The van der Waals surface area contributed by atoms with Gasteiger partial charge in [0.1, 0.15) is 28.3 Å². The van der Waals surface area contributed by atoms with Crippen molar-refractivity contribution >= 4 is 23.2 Å². The van der Waals surface area contributed by atoms with Crippen LogP contribution in [0.25, 0.3) is 0 Å². The summed E-state index contributed by atoms with van der Waals surface area (Å²) in [6, 6.07) is 43.0. The molecule has 4 aromatic carbocycles. The highest BCUT2D eigenvalue weighted by Crippen LogP contribution is 2.67. The fourth-order valence-corrected chi connectivity index (χ4v) is 10.3. The van der Waals surface area contributed by atoms with E-state index >= 15 is 0 Å². The summed E-state index contributed by atoms with van der Waals surface area (Å²) in [4.78, 5) is 0. The monoisotopic (exact) mass is 439 g/mol. The molecule has 0 amide bonds. The van der Waals surface area contributed by atoms with Crippen LogP contribution in [0.4, 0.5) is 0 Å². The fourth-order valence-electron chi connectivity index (χ4n) is 4.93. The minimum Gasteiger partial charge on any atom is -0.389 e. The van der Waals surface area contributed by atoms with Gasteiger partial charge in [0.05, 0.1) is 6.10 Å². The fraction of sp³-hybridized carbons (Fsp3) is 0.200. The second-order valence-electron chi connectivity index (χ2n) is 8.87. The lowest BCUT2D eigenvalue weighted by Gasteiger charge is -2.43. The first-order valence-electron chi connectivity index (χ1n) is 11.3. The number of rotatable bonds is 8. The number of hydrogen-bond acceptors (Lipinski definition) is 1. The SMILES string of the molecule is CC(C)(C(O)CCc1ccccc1)[P+](c1ccccc1)(c1ccccc1)c1ccccc1. The van der Waals surface area contributed by atoms with Gasteiger partial charge in [0.2, 0.25) is 0 Å². The van der Waals surface area contributed by atoms with E-state index in [9.17, 15) is 5.11 Å². The Bertz CT molecular complexity index is 996. The number of aliphatic hydroxyl groups is 1. The minimum atomic E-state index is -2.18. The van der Waals surface area contributed by atoms with E-state index in [0.717, 1.165) is 12.8 Å². The van der Waals surface area contributed by atoms with Crippen LogP contribution in [0.1, 0.15) is 25.8 Å². The van der Waals surface area contributed by atoms with Gasteiger partial charge in [0, 0.05) is 0 Å². The van der Waals surface area contributed by atoms with Crippen LogP contribution in [0.2, 0.25) is 0 Å². The summed E-state index contributed by atoms with van der Waals surface area (Å²) in [7, 11) is -2.18. The summed E-state index contributed by atoms with van der Waals surface area (Å²) < 4.78 is 0. The number of benzene rings is 4. The van der Waals surface area contributed by atoms with Crippen molar-refractivity contribution < 1.29 is 5.11 Å². The van der Waals surface area contributed by atoms with Gasteiger partial charge in [0.15, 0.2) is 0 Å². The van der Waals surface area contributed by atoms with Crippen LogP contribution < -0.4 is 15.9 Å². The average Bonchev–Trinajstić information content (AvgIpc) is 2.85. The summed E-state index contributed by atoms with van der Waals surface area (Å²) in [5, 5.41) is 15.3. The third-order valence-corrected chi connectivity index (χ3v) is 11.9. The molecule has 0 saturated carbocycles. The zero-order valence-corrected chi connectivity index (χ0v) is 19.8. The maximum atomic E-state index is 11.8. The second-order valence-corrected chi connectivity index (χ2v) is 12.9. The lowest BCUT2D eigenvalue weighted by Crippen LogP contribution is -2.50. The first-order chi connectivity index (χ1) is 15.6. The Morgan fingerprint density at radius 3 is 1.31 bits per heavy atom. The van der Waals surface area contributed by atoms with Crippen LogP contribution in [0.5, 0.6) is 0 Å². The molecular weight excluding hydrogens is 407 g/mol. The lowest BCUT2D eigenvalue weighted by atomic mass is 9.98. The van der Waals surface area contributed by atoms with Crippen LogP contribution in [-0.4, -0.2) is 16.4 Å². The summed E-state index contributed by atoms with van der Waals surface area (Å²) in [6.45, 7) is 4.53. The van der Waals surface area contributed by atoms with E-state index in [4.69, 9.17) is 0 Å². The zero-order valence-electron chi connectivity index (χ0n) is 18.9. The van der Waals surface area contributed by atoms with Gasteiger partial charge in [-0.3, -0.25) is 0 Å². The van der Waals surface area contributed by atoms with Crippen molar-refractivity contribution in [3.05, 3.63) is 127 Å². The molecule has 1 unspecified atom stereocenters. The second kappa shape index (κ2) is 9.82. The van der Waals surface area contributed by atoms with Gasteiger partial charge in [-0.15, -0.1) is 0 Å². The van der Waals surface area contributed by atoms with Crippen LogP contribution in [0, 0.1) is 0 Å². The third-order valence-electron chi connectivity index (χ3n) is 6.66. The predicted molar refractivity (Wildman–Crippen MR) is 140 cm³/mol. The molecule has 32 heavy (non-hydrogen) atoms. The summed E-state index contributed by atoms with van der Waals surface area (Å²) in [5.41, 5.74) is 1.27. The third kappa shape index (κ3) is 4.16. The van der Waals surface area contributed by atoms with Crippen molar-refractivity contribution in [1.29, 1.82) is 0 Å². The smallest absolute Gasteiger partial charge is 0.120 e. The highest BCUT2D eigenvalue weighted by Gasteiger charge is 2.60. The average molecular weight is 440 g/mol. The Morgan fingerprint density at radius 1 is 0.594 bits per heavy atom. The first kappa shape index (κ1) is 22.5. The molecule has 0 saturated heterocycles. The number of aliphatic hydroxyl groups excluding tert-OH is 1. The number of hydrogen-bond donors (Lipinski definition) is 1. The Kier molecular flexibility index (Phi) is 6.89. The zero-order chi connectivity index (χ0) is 22.4. The Labute approximate surface area is 193 Å². The molecule has 1 nitrogen and oxygen atoms in total. The summed E-state index contributed by atoms with van der Waals surface area (Å²) in [5.74, 6) is 0. The maximum absolute atomic E-state index is 11.8. The molecule has 0 aliphatic carbocycles. The molecule has 4 aromatic rings. The molecule has 0 aromatic heterocycles. The molecule has 4 rings (SSSR count). The Hall–Kier alpha value is -2.73. The van der Waals surface area contributed by atoms with Crippen LogP contribution in [0.15, 0.2) is 121 Å². The van der Waals surface area contributed by atoms with Gasteiger partial charge in [-0.2, -0.15) is 0 Å². The van der Waals surface area contributed by atoms with Crippen LogP contribution in [-0.2, 0) is 6.42 Å². The molecule has 1 N–H and O–H groups in total. The normalized spacial score (nSPS) is 13.0. The Balaban J connectivity index is 1.88. The minimum absolute atomic E-state index is 0.369. The molecule has 2 heteroatoms. The van der Waals surface area contributed by atoms with Crippen molar-refractivity contribution in [2.45, 2.75) is 37.9 Å². The quantitative estimate of drug-likeness (QED) is 0.347. The molecule has 0 fully saturated rings. The van der Waals surface area contributed by atoms with Gasteiger partial charge in [-0.1, -0.05) is 84.9 Å². The van der Waals surface area contributed by atoms with Crippen molar-refractivity contribution in [1.82, 2.24) is 0 Å². The molecular formula is C30H32OP+. The van der Waals surface area contributed by atoms with E-state index in [-0.39, 0.29) is 5.16 Å². The lowest BCUT2D eigenvalue weighted by molar-refractivity contribution is 0.130. The highest BCUT2D eigenvalue weighted by molar-refractivity contribution is 7.96. The molecule has 0 aliphatic heterocycles. The van der Waals surface area contributed by atoms with Crippen LogP contribution in [0.3, 0.4) is 0 Å². The molecule has 162 valence electrons. The molecule has 0 heterocycles. The van der Waals surface area contributed by atoms with Crippen molar-refractivity contribution in [3.63, 3.8) is 0 Å². The summed E-state index contributed by atoms with van der Waals surface area (Å²) >= 11 is 0. The maximum Gasteiger partial charge on any atom is 0.120 e. The van der Waals surface area contributed by atoms with Gasteiger partial charge in [-0.25, -0.2) is 0 Å². The highest BCUT2D eigenvalue weighted by atomic mass is 31.2. The largest absolute Gasteiger partial charge is 0.389 e. The van der Waals surface area contributed by atoms with E-state index in [1.165, 1.54) is 21.5 Å². The molecule has 0 spiro atoms. The van der Waals surface area contributed by atoms with E-state index in [0.29, 0.717) is 0 Å². The van der Waals surface area contributed by atoms with E-state index < -0.39 is 13.4 Å². The number of aryl methyl sites for hydroxylation is 1. The van der Waals surface area contributed by atoms with E-state index in [2.05, 4.69) is 129 Å². The van der Waals surface area contributed by atoms with Gasteiger partial charge in [0.25, 0.3) is 0 Å². The van der Waals surface area contributed by atoms with Crippen molar-refractivity contribution in [3.8, 4) is 0 Å². The van der Waals surface area contributed by atoms with Crippen molar-refractivity contribution in [2.75, 3.05) is 0 Å². The standard InChI is InChI=1S/C30H32OP/c1-30(2,29(31)24-23-25-15-7-3-8-16-25)32(26-17-9-4-10-18-26,27-19-11-5-12-20-27)28-21-13-6-14-22-28/h3-22,29,31H,23-24H2,1-2H3/q+1. The first-order valence-corrected chi connectivity index (χ1v) is 13.1. The van der Waals surface area contributed by atoms with E-state index in [1.807, 2.05) is 6.07 Å².